The van der Waals surface area contributed by atoms with E-state index in [9.17, 15) is 4.79 Å². The number of thiophene rings is 1. The van der Waals surface area contributed by atoms with E-state index in [0.717, 1.165) is 18.2 Å². The average molecular weight is 292 g/mol. The average Bonchev–Trinajstić information content (AvgIpc) is 2.84. The Morgan fingerprint density at radius 1 is 1.50 bits per heavy atom. The summed E-state index contributed by atoms with van der Waals surface area (Å²) < 4.78 is 5.32. The lowest BCUT2D eigenvalue weighted by molar-refractivity contribution is 0.0354. The van der Waals surface area contributed by atoms with Gasteiger partial charge in [0.05, 0.1) is 18.0 Å². The van der Waals surface area contributed by atoms with Crippen LogP contribution in [0.3, 0.4) is 0 Å². The number of piperidine rings is 1. The molecule has 2 aromatic heterocycles. The summed E-state index contributed by atoms with van der Waals surface area (Å²) >= 11 is 1.31. The number of hydrogen-bond acceptors (Lipinski definition) is 6. The standard InChI is InChI=1S/C13H16N4O2S/c1-19-8-3-6-17(7-4-8)13(18)11-10(14)9-2-5-15-16-12(9)20-11/h2,5,8H,3-4,6-7,14H2,1H3. The van der Waals surface area contributed by atoms with Gasteiger partial charge in [-0.25, -0.2) is 0 Å². The van der Waals surface area contributed by atoms with Crippen LogP contribution in [0.25, 0.3) is 10.2 Å². The second kappa shape index (κ2) is 5.34. The summed E-state index contributed by atoms with van der Waals surface area (Å²) in [5, 5.41) is 8.64. The third kappa shape index (κ3) is 2.23. The van der Waals surface area contributed by atoms with Crippen molar-refractivity contribution in [1.29, 1.82) is 0 Å². The molecule has 106 valence electrons. The lowest BCUT2D eigenvalue weighted by atomic mass is 10.1. The number of likely N-dealkylation sites (tertiary alicyclic amines) is 1. The molecule has 1 saturated heterocycles. The maximum Gasteiger partial charge on any atom is 0.266 e. The lowest BCUT2D eigenvalue weighted by Gasteiger charge is -2.31. The van der Waals surface area contributed by atoms with Crippen LogP contribution in [0.2, 0.25) is 0 Å². The van der Waals surface area contributed by atoms with Gasteiger partial charge in [-0.05, 0) is 18.9 Å². The zero-order chi connectivity index (χ0) is 14.1. The number of nitrogens with two attached hydrogens (primary N) is 1. The quantitative estimate of drug-likeness (QED) is 0.907. The summed E-state index contributed by atoms with van der Waals surface area (Å²) in [6.45, 7) is 1.41. The first kappa shape index (κ1) is 13.3. The maximum atomic E-state index is 12.6. The number of amides is 1. The van der Waals surface area contributed by atoms with Crippen molar-refractivity contribution < 1.29 is 9.53 Å². The van der Waals surface area contributed by atoms with Crippen molar-refractivity contribution in [3.63, 3.8) is 0 Å². The van der Waals surface area contributed by atoms with Crippen LogP contribution in [0.15, 0.2) is 12.3 Å². The van der Waals surface area contributed by atoms with Crippen molar-refractivity contribution in [2.24, 2.45) is 0 Å². The molecule has 0 saturated carbocycles. The number of anilines is 1. The minimum atomic E-state index is -0.0138. The van der Waals surface area contributed by atoms with E-state index in [-0.39, 0.29) is 12.0 Å². The molecule has 2 aromatic rings. The molecule has 20 heavy (non-hydrogen) atoms. The van der Waals surface area contributed by atoms with Crippen LogP contribution in [-0.2, 0) is 4.74 Å². The Balaban J connectivity index is 1.84. The zero-order valence-corrected chi connectivity index (χ0v) is 12.0. The molecule has 0 aliphatic carbocycles. The smallest absolute Gasteiger partial charge is 0.266 e. The van der Waals surface area contributed by atoms with Crippen molar-refractivity contribution in [3.05, 3.63) is 17.1 Å². The van der Waals surface area contributed by atoms with Crippen molar-refractivity contribution in [3.8, 4) is 0 Å². The number of rotatable bonds is 2. The van der Waals surface area contributed by atoms with Crippen LogP contribution in [0.1, 0.15) is 22.5 Å². The van der Waals surface area contributed by atoms with Crippen LogP contribution in [-0.4, -0.2) is 47.3 Å². The molecule has 1 aliphatic heterocycles. The van der Waals surface area contributed by atoms with Gasteiger partial charge in [0.15, 0.2) is 0 Å². The largest absolute Gasteiger partial charge is 0.397 e. The highest BCUT2D eigenvalue weighted by molar-refractivity contribution is 7.21. The van der Waals surface area contributed by atoms with Gasteiger partial charge in [-0.3, -0.25) is 4.79 Å². The van der Waals surface area contributed by atoms with Crippen LogP contribution < -0.4 is 5.73 Å². The predicted octanol–water partition coefficient (Wildman–Crippen LogP) is 1.52. The van der Waals surface area contributed by atoms with Gasteiger partial charge >= 0.3 is 0 Å². The third-order valence-corrected chi connectivity index (χ3v) is 4.77. The highest BCUT2D eigenvalue weighted by Crippen LogP contribution is 2.33. The molecule has 3 rings (SSSR count). The Hall–Kier alpha value is -1.73. The van der Waals surface area contributed by atoms with Crippen molar-refractivity contribution in [2.45, 2.75) is 18.9 Å². The van der Waals surface area contributed by atoms with Crippen molar-refractivity contribution in [1.82, 2.24) is 15.1 Å². The molecule has 0 aromatic carbocycles. The van der Waals surface area contributed by atoms with Crippen LogP contribution in [0.4, 0.5) is 5.69 Å². The summed E-state index contributed by atoms with van der Waals surface area (Å²) in [5.41, 5.74) is 6.58. The van der Waals surface area contributed by atoms with Crippen molar-refractivity contribution in [2.75, 3.05) is 25.9 Å². The van der Waals surface area contributed by atoms with E-state index in [1.165, 1.54) is 11.3 Å². The van der Waals surface area contributed by atoms with Gasteiger partial charge in [-0.15, -0.1) is 16.4 Å². The summed E-state index contributed by atoms with van der Waals surface area (Å²) in [6.07, 6.45) is 3.58. The minimum Gasteiger partial charge on any atom is -0.397 e. The summed E-state index contributed by atoms with van der Waals surface area (Å²) in [4.78, 5) is 15.7. The molecule has 3 heterocycles. The van der Waals surface area contributed by atoms with Gasteiger partial charge in [-0.1, -0.05) is 0 Å². The van der Waals surface area contributed by atoms with Gasteiger partial charge in [0.25, 0.3) is 5.91 Å². The minimum absolute atomic E-state index is 0.0138. The van der Waals surface area contributed by atoms with Gasteiger partial charge < -0.3 is 15.4 Å². The first-order valence-corrected chi connectivity index (χ1v) is 7.34. The Bertz CT molecular complexity index is 634. The van der Waals surface area contributed by atoms with Gasteiger partial charge in [-0.2, -0.15) is 5.10 Å². The Morgan fingerprint density at radius 3 is 2.90 bits per heavy atom. The number of fused-ring (bicyclic) bond motifs is 1. The number of carbonyl (C=O) groups is 1. The number of aromatic nitrogens is 2. The van der Waals surface area contributed by atoms with E-state index in [1.807, 2.05) is 4.90 Å². The molecule has 0 spiro atoms. The first-order valence-electron chi connectivity index (χ1n) is 6.52. The molecule has 0 atom stereocenters. The first-order chi connectivity index (χ1) is 9.70. The highest BCUT2D eigenvalue weighted by Gasteiger charge is 2.26. The van der Waals surface area contributed by atoms with E-state index in [2.05, 4.69) is 10.2 Å². The predicted molar refractivity (Wildman–Crippen MR) is 77.8 cm³/mol. The molecule has 2 N–H and O–H groups in total. The Morgan fingerprint density at radius 2 is 2.25 bits per heavy atom. The van der Waals surface area contributed by atoms with Crippen LogP contribution >= 0.6 is 11.3 Å². The van der Waals surface area contributed by atoms with E-state index in [1.54, 1.807) is 19.4 Å². The second-order valence-electron chi connectivity index (χ2n) is 4.82. The number of nitrogen functional groups attached to an aromatic ring is 1. The van der Waals surface area contributed by atoms with Gasteiger partial charge in [0.1, 0.15) is 9.71 Å². The normalized spacial score (nSPS) is 16.8. The SMILES string of the molecule is COC1CCN(C(=O)c2sc3nnccc3c2N)CC1. The number of carbonyl (C=O) groups excluding carboxylic acids is 1. The van der Waals surface area contributed by atoms with Gasteiger partial charge in [0, 0.05) is 25.6 Å². The summed E-state index contributed by atoms with van der Waals surface area (Å²) in [7, 11) is 1.71. The fourth-order valence-electron chi connectivity index (χ4n) is 2.47. The van der Waals surface area contributed by atoms with E-state index in [4.69, 9.17) is 10.5 Å². The molecule has 0 bridgehead atoms. The van der Waals surface area contributed by atoms with E-state index in [0.29, 0.717) is 28.5 Å². The van der Waals surface area contributed by atoms with Gasteiger partial charge in [0.2, 0.25) is 0 Å². The fourth-order valence-corrected chi connectivity index (χ4v) is 3.48. The van der Waals surface area contributed by atoms with Crippen LogP contribution in [0.5, 0.6) is 0 Å². The summed E-state index contributed by atoms with van der Waals surface area (Å²) in [5.74, 6) is -0.0138. The zero-order valence-electron chi connectivity index (χ0n) is 11.2. The summed E-state index contributed by atoms with van der Waals surface area (Å²) in [6, 6.07) is 1.79. The van der Waals surface area contributed by atoms with Crippen LogP contribution in [0, 0.1) is 0 Å². The number of ether oxygens (including phenoxy) is 1. The maximum absolute atomic E-state index is 12.6. The molecule has 1 aliphatic rings. The monoisotopic (exact) mass is 292 g/mol. The fraction of sp³-hybridized carbons (Fsp3) is 0.462. The Labute approximate surface area is 120 Å². The highest BCUT2D eigenvalue weighted by atomic mass is 32.1. The number of nitrogens with zero attached hydrogens (tertiary/aromatic N) is 3. The molecular formula is C13H16N4O2S. The molecule has 1 amide bonds. The third-order valence-electron chi connectivity index (χ3n) is 3.68. The molecule has 0 unspecified atom stereocenters. The number of methoxy groups -OCH3 is 1. The molecular weight excluding hydrogens is 276 g/mol. The van der Waals surface area contributed by atoms with Crippen molar-refractivity contribution >= 4 is 33.1 Å². The molecule has 0 radical (unpaired) electrons. The van der Waals surface area contributed by atoms with E-state index < -0.39 is 0 Å². The molecule has 6 nitrogen and oxygen atoms in total. The topological polar surface area (TPSA) is 81.3 Å². The molecule has 1 fully saturated rings. The Kier molecular flexibility index (Phi) is 3.54. The van der Waals surface area contributed by atoms with E-state index >= 15 is 0 Å². The number of hydrogen-bond donors (Lipinski definition) is 1. The second-order valence-corrected chi connectivity index (χ2v) is 5.82. The molecule has 7 heteroatoms. The lowest BCUT2D eigenvalue weighted by Crippen LogP contribution is -2.40.